The highest BCUT2D eigenvalue weighted by Gasteiger charge is 1.91. The molecule has 0 radical (unpaired) electrons. The normalized spacial score (nSPS) is 12.2. The zero-order valence-electron chi connectivity index (χ0n) is 12.3. The minimum absolute atomic E-state index is 0.638. The lowest BCUT2D eigenvalue weighted by Crippen LogP contribution is -2.09. The summed E-state index contributed by atoms with van der Waals surface area (Å²) in [7, 11) is 0. The van der Waals surface area contributed by atoms with E-state index in [0.29, 0.717) is 6.54 Å². The fourth-order valence-electron chi connectivity index (χ4n) is 1.62. The van der Waals surface area contributed by atoms with Gasteiger partial charge >= 0.3 is 0 Å². The zero-order valence-corrected chi connectivity index (χ0v) is 12.3. The molecular weight excluding hydrogens is 222 g/mol. The fraction of sp³-hybridized carbons (Fsp3) is 0.562. The predicted octanol–water partition coefficient (Wildman–Crippen LogP) is 4.15. The molecule has 1 N–H and O–H groups in total. The Morgan fingerprint density at radius 3 is 2.00 bits per heavy atom. The molecule has 102 valence electrons. The summed E-state index contributed by atoms with van der Waals surface area (Å²) in [6.45, 7) is 9.23. The largest absolute Gasteiger partial charge is 0.355 e. The summed E-state index contributed by atoms with van der Waals surface area (Å²) in [6.07, 6.45) is 11.9. The molecule has 0 rings (SSSR count). The maximum absolute atomic E-state index is 10.1. The van der Waals surface area contributed by atoms with Crippen LogP contribution >= 0.6 is 0 Å². The van der Waals surface area contributed by atoms with Crippen LogP contribution in [0.4, 0.5) is 0 Å². The topological polar surface area (TPSA) is 29.1 Å². The third-order valence-electron chi connectivity index (χ3n) is 2.77. The van der Waals surface area contributed by atoms with Crippen molar-refractivity contribution in [3.8, 4) is 0 Å². The van der Waals surface area contributed by atoms with Crippen LogP contribution in [0.15, 0.2) is 34.9 Å². The molecule has 2 nitrogen and oxygen atoms in total. The predicted molar refractivity (Wildman–Crippen MR) is 79.5 cm³/mol. The van der Waals surface area contributed by atoms with Crippen LogP contribution in [0.1, 0.15) is 53.4 Å². The van der Waals surface area contributed by atoms with Crippen molar-refractivity contribution in [2.45, 2.75) is 53.4 Å². The first-order valence-electron chi connectivity index (χ1n) is 6.68. The second-order valence-electron chi connectivity index (χ2n) is 4.99. The van der Waals surface area contributed by atoms with Crippen molar-refractivity contribution in [1.29, 1.82) is 0 Å². The van der Waals surface area contributed by atoms with Gasteiger partial charge in [0.2, 0.25) is 6.41 Å². The molecule has 0 aromatic rings. The molecule has 0 aromatic carbocycles. The lowest BCUT2D eigenvalue weighted by atomic mass is 10.1. The minimum atomic E-state index is 0.638. The molecule has 0 aliphatic heterocycles. The zero-order chi connectivity index (χ0) is 13.8. The second kappa shape index (κ2) is 10.8. The summed E-state index contributed by atoms with van der Waals surface area (Å²) < 4.78 is 0. The van der Waals surface area contributed by atoms with Crippen molar-refractivity contribution >= 4 is 6.41 Å². The van der Waals surface area contributed by atoms with Crippen LogP contribution in [0.25, 0.3) is 0 Å². The molecule has 0 fully saturated rings. The highest BCUT2D eigenvalue weighted by atomic mass is 16.1. The third kappa shape index (κ3) is 11.2. The lowest BCUT2D eigenvalue weighted by Gasteiger charge is -2.01. The van der Waals surface area contributed by atoms with Gasteiger partial charge in [-0.1, -0.05) is 34.9 Å². The molecule has 0 saturated carbocycles. The van der Waals surface area contributed by atoms with Crippen LogP contribution in [-0.4, -0.2) is 13.0 Å². The van der Waals surface area contributed by atoms with E-state index >= 15 is 0 Å². The first-order valence-corrected chi connectivity index (χ1v) is 6.68. The van der Waals surface area contributed by atoms with Gasteiger partial charge in [0.15, 0.2) is 0 Å². The van der Waals surface area contributed by atoms with E-state index in [1.54, 1.807) is 0 Å². The maximum atomic E-state index is 10.1. The Bertz CT molecular complexity index is 320. The van der Waals surface area contributed by atoms with E-state index in [1.165, 1.54) is 16.7 Å². The summed E-state index contributed by atoms with van der Waals surface area (Å²) >= 11 is 0. The Kier molecular flexibility index (Phi) is 10.0. The average molecular weight is 249 g/mol. The highest BCUT2D eigenvalue weighted by molar-refractivity contribution is 5.46. The van der Waals surface area contributed by atoms with E-state index in [4.69, 9.17) is 0 Å². The van der Waals surface area contributed by atoms with Gasteiger partial charge in [-0.2, -0.15) is 0 Å². The van der Waals surface area contributed by atoms with Crippen LogP contribution in [0.5, 0.6) is 0 Å². The first kappa shape index (κ1) is 16.7. The molecule has 18 heavy (non-hydrogen) atoms. The molecule has 1 amide bonds. The summed E-state index contributed by atoms with van der Waals surface area (Å²) in [6, 6.07) is 0. The highest BCUT2D eigenvalue weighted by Crippen LogP contribution is 2.11. The third-order valence-corrected chi connectivity index (χ3v) is 2.77. The van der Waals surface area contributed by atoms with Gasteiger partial charge in [-0.15, -0.1) is 0 Å². The number of carbonyl (C=O) groups excluding carboxylic acids is 1. The van der Waals surface area contributed by atoms with Gasteiger partial charge in [-0.3, -0.25) is 4.79 Å². The molecule has 0 aliphatic carbocycles. The Balaban J connectivity index is 3.82. The molecule has 0 spiro atoms. The van der Waals surface area contributed by atoms with Gasteiger partial charge in [0.1, 0.15) is 0 Å². The molecule has 0 atom stereocenters. The van der Waals surface area contributed by atoms with E-state index < -0.39 is 0 Å². The summed E-state index contributed by atoms with van der Waals surface area (Å²) in [5, 5.41) is 2.64. The standard InChI is InChI=1S/C16H27NO/c1-14(2)7-5-8-15(3)9-6-10-16(4)11-12-17-13-18/h7,9,11,13H,5-6,8,10,12H2,1-4H3,(H,17,18). The van der Waals surface area contributed by atoms with Crippen LogP contribution in [0.3, 0.4) is 0 Å². The summed E-state index contributed by atoms with van der Waals surface area (Å²) in [4.78, 5) is 10.1. The monoisotopic (exact) mass is 249 g/mol. The van der Waals surface area contributed by atoms with Crippen molar-refractivity contribution < 1.29 is 4.79 Å². The van der Waals surface area contributed by atoms with Crippen molar-refractivity contribution in [3.05, 3.63) is 34.9 Å². The van der Waals surface area contributed by atoms with Crippen molar-refractivity contribution in [1.82, 2.24) is 5.32 Å². The van der Waals surface area contributed by atoms with Crippen LogP contribution in [-0.2, 0) is 4.79 Å². The van der Waals surface area contributed by atoms with E-state index in [1.807, 2.05) is 0 Å². The number of allylic oxidation sites excluding steroid dienone is 5. The average Bonchev–Trinajstić information content (AvgIpc) is 2.29. The molecule has 2 heteroatoms. The van der Waals surface area contributed by atoms with E-state index in [0.717, 1.165) is 32.1 Å². The van der Waals surface area contributed by atoms with Crippen LogP contribution < -0.4 is 5.32 Å². The van der Waals surface area contributed by atoms with E-state index in [2.05, 4.69) is 51.2 Å². The van der Waals surface area contributed by atoms with E-state index in [9.17, 15) is 4.79 Å². The molecule has 0 saturated heterocycles. The number of rotatable bonds is 9. The van der Waals surface area contributed by atoms with Gasteiger partial charge < -0.3 is 5.32 Å². The number of hydrogen-bond donors (Lipinski definition) is 1. The minimum Gasteiger partial charge on any atom is -0.355 e. The van der Waals surface area contributed by atoms with Crippen LogP contribution in [0, 0.1) is 0 Å². The van der Waals surface area contributed by atoms with Gasteiger partial charge in [-0.25, -0.2) is 0 Å². The smallest absolute Gasteiger partial charge is 0.207 e. The Morgan fingerprint density at radius 1 is 0.889 bits per heavy atom. The molecule has 0 unspecified atom stereocenters. The Hall–Kier alpha value is -1.31. The Morgan fingerprint density at radius 2 is 1.44 bits per heavy atom. The van der Waals surface area contributed by atoms with Crippen LogP contribution in [0.2, 0.25) is 0 Å². The van der Waals surface area contributed by atoms with Crippen molar-refractivity contribution in [2.75, 3.05) is 6.54 Å². The molecular formula is C16H27NO. The fourth-order valence-corrected chi connectivity index (χ4v) is 1.62. The quantitative estimate of drug-likeness (QED) is 0.371. The molecule has 0 aliphatic rings. The SMILES string of the molecule is CC(C)=CCCC(C)=CCCC(C)=CCNC=O. The molecule has 0 aromatic heterocycles. The first-order chi connectivity index (χ1) is 8.56. The van der Waals surface area contributed by atoms with Crippen molar-refractivity contribution in [2.24, 2.45) is 0 Å². The number of hydrogen-bond acceptors (Lipinski definition) is 1. The van der Waals surface area contributed by atoms with Gasteiger partial charge in [0, 0.05) is 6.54 Å². The summed E-state index contributed by atoms with van der Waals surface area (Å²) in [5.41, 5.74) is 4.19. The lowest BCUT2D eigenvalue weighted by molar-refractivity contribution is -0.109. The van der Waals surface area contributed by atoms with Crippen molar-refractivity contribution in [3.63, 3.8) is 0 Å². The van der Waals surface area contributed by atoms with Gasteiger partial charge in [0.05, 0.1) is 0 Å². The molecule has 0 heterocycles. The number of nitrogens with one attached hydrogen (secondary N) is 1. The van der Waals surface area contributed by atoms with Gasteiger partial charge in [-0.05, 0) is 53.4 Å². The van der Waals surface area contributed by atoms with Gasteiger partial charge in [0.25, 0.3) is 0 Å². The molecule has 0 bridgehead atoms. The summed E-state index contributed by atoms with van der Waals surface area (Å²) in [5.74, 6) is 0. The maximum Gasteiger partial charge on any atom is 0.207 e. The number of carbonyl (C=O) groups is 1. The second-order valence-corrected chi connectivity index (χ2v) is 4.99. The van der Waals surface area contributed by atoms with E-state index in [-0.39, 0.29) is 0 Å². The number of amides is 1. The Labute approximate surface area is 112 Å².